The fourth-order valence-corrected chi connectivity index (χ4v) is 3.47. The predicted octanol–water partition coefficient (Wildman–Crippen LogP) is 2.34. The van der Waals surface area contributed by atoms with Gasteiger partial charge in [-0.1, -0.05) is 29.8 Å². The first-order chi connectivity index (χ1) is 11.5. The molecular weight excluding hydrogens is 324 g/mol. The molecule has 1 atom stereocenters. The van der Waals surface area contributed by atoms with Crippen LogP contribution < -0.4 is 5.32 Å². The van der Waals surface area contributed by atoms with Gasteiger partial charge in [-0.2, -0.15) is 0 Å². The molecule has 1 aromatic carbocycles. The molecule has 130 valence electrons. The lowest BCUT2D eigenvalue weighted by Crippen LogP contribution is -2.57. The van der Waals surface area contributed by atoms with Crippen molar-refractivity contribution in [3.63, 3.8) is 0 Å². The fourth-order valence-electron chi connectivity index (χ4n) is 3.35. The van der Waals surface area contributed by atoms with E-state index in [1.165, 1.54) is 11.1 Å². The van der Waals surface area contributed by atoms with E-state index < -0.39 is 0 Å². The van der Waals surface area contributed by atoms with Crippen molar-refractivity contribution in [1.29, 1.82) is 0 Å². The molecule has 0 saturated carbocycles. The summed E-state index contributed by atoms with van der Waals surface area (Å²) < 4.78 is 0. The number of nitrogens with zero attached hydrogens (tertiary/aromatic N) is 3. The number of piperazine rings is 1. The van der Waals surface area contributed by atoms with Gasteiger partial charge in [0.25, 0.3) is 0 Å². The number of hydrogen-bond acceptors (Lipinski definition) is 3. The molecule has 2 amide bonds. The van der Waals surface area contributed by atoms with Crippen molar-refractivity contribution in [1.82, 2.24) is 20.0 Å². The van der Waals surface area contributed by atoms with Crippen LogP contribution in [0.1, 0.15) is 12.0 Å². The molecular formula is C18H25ClN4O. The highest BCUT2D eigenvalue weighted by molar-refractivity contribution is 6.30. The maximum atomic E-state index is 12.0. The SMILES string of the molecule is CN(C)C(=O)N1CCN(C2CC(c3ccc(Cl)cc3)=CCN2)CC1. The van der Waals surface area contributed by atoms with Crippen molar-refractivity contribution in [2.45, 2.75) is 12.6 Å². The molecule has 2 heterocycles. The molecule has 0 spiro atoms. The number of carbonyl (C=O) groups is 1. The first kappa shape index (κ1) is 17.3. The molecule has 1 unspecified atom stereocenters. The Morgan fingerprint density at radius 1 is 1.17 bits per heavy atom. The Bertz CT molecular complexity index is 606. The molecule has 24 heavy (non-hydrogen) atoms. The highest BCUT2D eigenvalue weighted by atomic mass is 35.5. The number of amides is 2. The lowest BCUT2D eigenvalue weighted by Gasteiger charge is -2.41. The minimum absolute atomic E-state index is 0.105. The summed E-state index contributed by atoms with van der Waals surface area (Å²) in [6.45, 7) is 4.26. The van der Waals surface area contributed by atoms with Crippen LogP contribution in [0.4, 0.5) is 4.79 Å². The van der Waals surface area contributed by atoms with Crippen LogP contribution in [0.25, 0.3) is 5.57 Å². The molecule has 0 aromatic heterocycles. The zero-order valence-electron chi connectivity index (χ0n) is 14.3. The Kier molecular flexibility index (Phi) is 5.43. The standard InChI is InChI=1S/C18H25ClN4O/c1-21(2)18(24)23-11-9-22(10-12-23)17-13-15(7-8-20-17)14-3-5-16(19)6-4-14/h3-7,17,20H,8-13H2,1-2H3. The van der Waals surface area contributed by atoms with E-state index in [9.17, 15) is 4.79 Å². The van der Waals surface area contributed by atoms with Gasteiger partial charge in [-0.15, -0.1) is 0 Å². The van der Waals surface area contributed by atoms with Gasteiger partial charge >= 0.3 is 6.03 Å². The van der Waals surface area contributed by atoms with Crippen LogP contribution in [-0.2, 0) is 0 Å². The summed E-state index contributed by atoms with van der Waals surface area (Å²) in [7, 11) is 3.61. The van der Waals surface area contributed by atoms with Crippen molar-refractivity contribution in [3.8, 4) is 0 Å². The van der Waals surface area contributed by atoms with Crippen molar-refractivity contribution in [2.75, 3.05) is 46.8 Å². The normalized spacial score (nSPS) is 22.2. The van der Waals surface area contributed by atoms with Crippen LogP contribution >= 0.6 is 11.6 Å². The second-order valence-electron chi connectivity index (χ2n) is 6.56. The van der Waals surface area contributed by atoms with Gasteiger partial charge in [-0.25, -0.2) is 4.79 Å². The molecule has 2 aliphatic rings. The van der Waals surface area contributed by atoms with E-state index in [0.717, 1.165) is 44.2 Å². The van der Waals surface area contributed by atoms with E-state index in [-0.39, 0.29) is 6.03 Å². The largest absolute Gasteiger partial charge is 0.331 e. The zero-order valence-corrected chi connectivity index (χ0v) is 15.1. The lowest BCUT2D eigenvalue weighted by molar-refractivity contribution is 0.0868. The highest BCUT2D eigenvalue weighted by Crippen LogP contribution is 2.25. The quantitative estimate of drug-likeness (QED) is 0.891. The number of urea groups is 1. The monoisotopic (exact) mass is 348 g/mol. The van der Waals surface area contributed by atoms with E-state index in [0.29, 0.717) is 6.17 Å². The Morgan fingerprint density at radius 3 is 2.46 bits per heavy atom. The molecule has 2 aliphatic heterocycles. The van der Waals surface area contributed by atoms with Crippen LogP contribution in [0.15, 0.2) is 30.3 Å². The van der Waals surface area contributed by atoms with E-state index in [1.807, 2.05) is 17.0 Å². The molecule has 0 aliphatic carbocycles. The lowest BCUT2D eigenvalue weighted by atomic mass is 9.97. The predicted molar refractivity (Wildman–Crippen MR) is 98.1 cm³/mol. The molecule has 1 N–H and O–H groups in total. The van der Waals surface area contributed by atoms with Crippen molar-refractivity contribution in [3.05, 3.63) is 40.9 Å². The molecule has 6 heteroatoms. The smallest absolute Gasteiger partial charge is 0.319 e. The Morgan fingerprint density at radius 2 is 1.83 bits per heavy atom. The van der Waals surface area contributed by atoms with Crippen molar-refractivity contribution < 1.29 is 4.79 Å². The van der Waals surface area contributed by atoms with Gasteiger partial charge in [-0.05, 0) is 23.3 Å². The fraction of sp³-hybridized carbons (Fsp3) is 0.500. The summed E-state index contributed by atoms with van der Waals surface area (Å²) in [5.41, 5.74) is 2.61. The van der Waals surface area contributed by atoms with Crippen molar-refractivity contribution in [2.24, 2.45) is 0 Å². The third kappa shape index (κ3) is 3.91. The maximum Gasteiger partial charge on any atom is 0.319 e. The first-order valence-electron chi connectivity index (χ1n) is 8.43. The highest BCUT2D eigenvalue weighted by Gasteiger charge is 2.28. The second kappa shape index (κ2) is 7.55. The number of halogens is 1. The zero-order chi connectivity index (χ0) is 17.1. The van der Waals surface area contributed by atoms with Crippen LogP contribution in [0.2, 0.25) is 5.02 Å². The average Bonchev–Trinajstić information content (AvgIpc) is 2.62. The van der Waals surface area contributed by atoms with Crippen LogP contribution in [0, 0.1) is 0 Å². The maximum absolute atomic E-state index is 12.0. The van der Waals surface area contributed by atoms with Gasteiger partial charge in [0.2, 0.25) is 0 Å². The topological polar surface area (TPSA) is 38.8 Å². The van der Waals surface area contributed by atoms with Gasteiger partial charge in [0.05, 0.1) is 6.17 Å². The molecule has 1 saturated heterocycles. The number of rotatable bonds is 2. The van der Waals surface area contributed by atoms with Crippen LogP contribution in [0.3, 0.4) is 0 Å². The molecule has 1 aromatic rings. The number of hydrogen-bond donors (Lipinski definition) is 1. The Hall–Kier alpha value is -1.56. The molecule has 3 rings (SSSR count). The number of benzene rings is 1. The second-order valence-corrected chi connectivity index (χ2v) is 7.00. The summed E-state index contributed by atoms with van der Waals surface area (Å²) >= 11 is 5.99. The van der Waals surface area contributed by atoms with Gasteiger partial charge in [0, 0.05) is 58.3 Å². The van der Waals surface area contributed by atoms with Crippen LogP contribution in [0.5, 0.6) is 0 Å². The van der Waals surface area contributed by atoms with E-state index in [1.54, 1.807) is 19.0 Å². The van der Waals surface area contributed by atoms with E-state index >= 15 is 0 Å². The third-order valence-corrected chi connectivity index (χ3v) is 4.99. The summed E-state index contributed by atoms with van der Waals surface area (Å²) in [5, 5.41) is 4.35. The van der Waals surface area contributed by atoms with Gasteiger partial charge in [0.15, 0.2) is 0 Å². The third-order valence-electron chi connectivity index (χ3n) is 4.74. The molecule has 1 fully saturated rings. The molecule has 0 radical (unpaired) electrons. The number of nitrogens with one attached hydrogen (secondary N) is 1. The first-order valence-corrected chi connectivity index (χ1v) is 8.81. The summed E-state index contributed by atoms with van der Waals surface area (Å²) in [6.07, 6.45) is 3.56. The van der Waals surface area contributed by atoms with Gasteiger partial charge in [-0.3, -0.25) is 10.2 Å². The number of carbonyl (C=O) groups excluding carboxylic acids is 1. The van der Waals surface area contributed by atoms with Crippen LogP contribution in [-0.4, -0.2) is 73.7 Å². The Balaban J connectivity index is 1.58. The Labute approximate surface area is 148 Å². The van der Waals surface area contributed by atoms with E-state index in [2.05, 4.69) is 28.4 Å². The molecule has 5 nitrogen and oxygen atoms in total. The minimum atomic E-state index is 0.105. The minimum Gasteiger partial charge on any atom is -0.331 e. The van der Waals surface area contributed by atoms with Gasteiger partial charge < -0.3 is 9.80 Å². The summed E-state index contributed by atoms with van der Waals surface area (Å²) in [6, 6.07) is 8.17. The average molecular weight is 349 g/mol. The molecule has 0 bridgehead atoms. The van der Waals surface area contributed by atoms with E-state index in [4.69, 9.17) is 11.6 Å². The summed E-state index contributed by atoms with van der Waals surface area (Å²) in [5.74, 6) is 0. The summed E-state index contributed by atoms with van der Waals surface area (Å²) in [4.78, 5) is 18.1. The van der Waals surface area contributed by atoms with Gasteiger partial charge in [0.1, 0.15) is 0 Å². The van der Waals surface area contributed by atoms with Crippen molar-refractivity contribution >= 4 is 23.2 Å².